The molecule has 108 valence electrons. The highest BCUT2D eigenvalue weighted by atomic mass is 19.1. The first kappa shape index (κ1) is 17.8. The number of carbonyl (C=O) groups is 2. The predicted octanol–water partition coefficient (Wildman–Crippen LogP) is 3.55. The second kappa shape index (κ2) is 9.67. The molecular weight excluding hydrogens is 259 g/mol. The maximum Gasteiger partial charge on any atom is 0.342 e. The number of ketones is 1. The van der Waals surface area contributed by atoms with Crippen LogP contribution in [0, 0.1) is 5.82 Å². The fourth-order valence-corrected chi connectivity index (χ4v) is 1.26. The van der Waals surface area contributed by atoms with Gasteiger partial charge < -0.3 is 4.74 Å². The fourth-order valence-electron chi connectivity index (χ4n) is 1.26. The highest BCUT2D eigenvalue weighted by Gasteiger charge is 2.16. The van der Waals surface area contributed by atoms with Gasteiger partial charge in [0.1, 0.15) is 18.0 Å². The molecule has 0 aliphatic heterocycles. The Morgan fingerprint density at radius 3 is 2.40 bits per heavy atom. The normalized spacial score (nSPS) is 10.1. The van der Waals surface area contributed by atoms with Gasteiger partial charge in [-0.15, -0.1) is 0 Å². The molecule has 20 heavy (non-hydrogen) atoms. The van der Waals surface area contributed by atoms with E-state index >= 15 is 0 Å². The van der Waals surface area contributed by atoms with E-state index in [2.05, 4.69) is 6.58 Å². The molecule has 0 bridgehead atoms. The molecule has 0 heterocycles. The first-order valence-corrected chi connectivity index (χ1v) is 6.31. The molecule has 0 saturated carbocycles. The van der Waals surface area contributed by atoms with Crippen molar-refractivity contribution in [1.29, 1.82) is 0 Å². The summed E-state index contributed by atoms with van der Waals surface area (Å²) in [4.78, 5) is 22.9. The number of halogens is 1. The van der Waals surface area contributed by atoms with Crippen LogP contribution in [0.3, 0.4) is 0 Å². The van der Waals surface area contributed by atoms with E-state index < -0.39 is 17.6 Å². The van der Waals surface area contributed by atoms with Gasteiger partial charge in [0.15, 0.2) is 5.78 Å². The third-order valence-corrected chi connectivity index (χ3v) is 2.14. The molecule has 0 unspecified atom stereocenters. The van der Waals surface area contributed by atoms with Crippen molar-refractivity contribution in [2.75, 3.05) is 6.61 Å². The second-order valence-electron chi connectivity index (χ2n) is 3.52. The Hall–Kier alpha value is -2.23. The van der Waals surface area contributed by atoms with Crippen molar-refractivity contribution in [3.05, 3.63) is 53.9 Å². The summed E-state index contributed by atoms with van der Waals surface area (Å²) in [6.45, 7) is 8.62. The quantitative estimate of drug-likeness (QED) is 0.272. The lowest BCUT2D eigenvalue weighted by molar-refractivity contribution is -0.139. The average molecular weight is 278 g/mol. The van der Waals surface area contributed by atoms with Gasteiger partial charge in [0.2, 0.25) is 0 Å². The first-order chi connectivity index (χ1) is 9.56. The average Bonchev–Trinajstić information content (AvgIpc) is 2.45. The van der Waals surface area contributed by atoms with Crippen LogP contribution in [0.2, 0.25) is 0 Å². The van der Waals surface area contributed by atoms with Gasteiger partial charge in [0.25, 0.3) is 0 Å². The van der Waals surface area contributed by atoms with E-state index in [4.69, 9.17) is 4.74 Å². The van der Waals surface area contributed by atoms with Crippen molar-refractivity contribution in [1.82, 2.24) is 0 Å². The summed E-state index contributed by atoms with van der Waals surface area (Å²) in [7, 11) is 0. The van der Waals surface area contributed by atoms with Crippen LogP contribution in [0.5, 0.6) is 0 Å². The van der Waals surface area contributed by atoms with E-state index in [1.165, 1.54) is 37.3 Å². The minimum absolute atomic E-state index is 0.000719. The Balaban J connectivity index is 0.00000172. The van der Waals surface area contributed by atoms with Gasteiger partial charge in [-0.2, -0.15) is 0 Å². The molecular formula is C16H19FO3. The van der Waals surface area contributed by atoms with Crippen molar-refractivity contribution in [3.63, 3.8) is 0 Å². The van der Waals surface area contributed by atoms with Gasteiger partial charge in [-0.25, -0.2) is 9.18 Å². The molecule has 4 heteroatoms. The molecule has 0 saturated heterocycles. The molecule has 1 aromatic carbocycles. The maximum atomic E-state index is 13.4. The summed E-state index contributed by atoms with van der Waals surface area (Å²) in [5.41, 5.74) is -0.0276. The number of Topliss-reactive ketones (excluding diaryl/α,β-unsaturated/α-hetero) is 1. The van der Waals surface area contributed by atoms with Gasteiger partial charge in [-0.3, -0.25) is 4.79 Å². The summed E-state index contributed by atoms with van der Waals surface area (Å²) in [6.07, 6.45) is 2.57. The third-order valence-electron chi connectivity index (χ3n) is 2.14. The Kier molecular flexibility index (Phi) is 8.59. The standard InChI is InChI=1S/C14H13FO3.C2H6/c1-3-8-18-14(17)12(10(2)16)9-11-6-4-5-7-13(11)15;1-2/h3-7,9H,1,8H2,2H3;1-2H3/b12-9+;. The van der Waals surface area contributed by atoms with Gasteiger partial charge in [-0.05, 0) is 19.1 Å². The molecule has 3 nitrogen and oxygen atoms in total. The number of benzene rings is 1. The molecule has 1 aromatic rings. The summed E-state index contributed by atoms with van der Waals surface area (Å²) in [5, 5.41) is 0. The number of hydrogen-bond acceptors (Lipinski definition) is 3. The van der Waals surface area contributed by atoms with Crippen LogP contribution in [0.4, 0.5) is 4.39 Å². The van der Waals surface area contributed by atoms with Crippen molar-refractivity contribution in [2.24, 2.45) is 0 Å². The van der Waals surface area contributed by atoms with E-state index in [0.29, 0.717) is 0 Å². The maximum absolute atomic E-state index is 13.4. The summed E-state index contributed by atoms with van der Waals surface area (Å²) < 4.78 is 18.2. The monoisotopic (exact) mass is 278 g/mol. The minimum atomic E-state index is -0.786. The highest BCUT2D eigenvalue weighted by Crippen LogP contribution is 2.13. The van der Waals surface area contributed by atoms with Crippen LogP contribution >= 0.6 is 0 Å². The number of ether oxygens (including phenoxy) is 1. The van der Waals surface area contributed by atoms with E-state index in [1.807, 2.05) is 13.8 Å². The lowest BCUT2D eigenvalue weighted by Gasteiger charge is -2.04. The number of carbonyl (C=O) groups excluding carboxylic acids is 2. The van der Waals surface area contributed by atoms with E-state index in [1.54, 1.807) is 6.07 Å². The summed E-state index contributed by atoms with van der Waals surface area (Å²) >= 11 is 0. The van der Waals surface area contributed by atoms with Crippen molar-refractivity contribution in [2.45, 2.75) is 20.8 Å². The molecule has 0 aliphatic carbocycles. The fraction of sp³-hybridized carbons (Fsp3) is 0.250. The molecule has 0 amide bonds. The van der Waals surface area contributed by atoms with Gasteiger partial charge >= 0.3 is 5.97 Å². The zero-order valence-electron chi connectivity index (χ0n) is 12.0. The smallest absolute Gasteiger partial charge is 0.342 e. The lowest BCUT2D eigenvalue weighted by Crippen LogP contribution is -2.13. The lowest BCUT2D eigenvalue weighted by atomic mass is 10.1. The third kappa shape index (κ3) is 5.61. The molecule has 0 radical (unpaired) electrons. The largest absolute Gasteiger partial charge is 0.458 e. The molecule has 1 rings (SSSR count). The molecule has 0 fully saturated rings. The Labute approximate surface area is 118 Å². The predicted molar refractivity (Wildman–Crippen MR) is 77.6 cm³/mol. The zero-order chi connectivity index (χ0) is 15.5. The van der Waals surface area contributed by atoms with Crippen LogP contribution < -0.4 is 0 Å². The van der Waals surface area contributed by atoms with Gasteiger partial charge in [0.05, 0.1) is 0 Å². The Morgan fingerprint density at radius 1 is 1.30 bits per heavy atom. The van der Waals surface area contributed by atoms with Crippen LogP contribution in [0.15, 0.2) is 42.5 Å². The van der Waals surface area contributed by atoms with Gasteiger partial charge in [-0.1, -0.05) is 44.7 Å². The van der Waals surface area contributed by atoms with Crippen LogP contribution in [0.25, 0.3) is 6.08 Å². The first-order valence-electron chi connectivity index (χ1n) is 6.31. The SMILES string of the molecule is C=CCOC(=O)/C(=C/c1ccccc1F)C(C)=O.CC. The van der Waals surface area contributed by atoms with Crippen molar-refractivity contribution >= 4 is 17.8 Å². The highest BCUT2D eigenvalue weighted by molar-refractivity contribution is 6.19. The number of rotatable bonds is 5. The molecule has 0 N–H and O–H groups in total. The van der Waals surface area contributed by atoms with Gasteiger partial charge in [0, 0.05) is 5.56 Å². The van der Waals surface area contributed by atoms with E-state index in [9.17, 15) is 14.0 Å². The number of esters is 1. The second-order valence-corrected chi connectivity index (χ2v) is 3.52. The zero-order valence-corrected chi connectivity index (χ0v) is 12.0. The van der Waals surface area contributed by atoms with Crippen molar-refractivity contribution in [3.8, 4) is 0 Å². The molecule has 0 atom stereocenters. The summed E-state index contributed by atoms with van der Waals surface area (Å²) in [6, 6.07) is 5.86. The van der Waals surface area contributed by atoms with Crippen LogP contribution in [-0.2, 0) is 14.3 Å². The molecule has 0 aromatic heterocycles. The van der Waals surface area contributed by atoms with E-state index in [0.717, 1.165) is 0 Å². The molecule has 0 aliphatic rings. The van der Waals surface area contributed by atoms with Crippen molar-refractivity contribution < 1.29 is 18.7 Å². The Bertz CT molecular complexity index is 504. The van der Waals surface area contributed by atoms with Crippen LogP contribution in [0.1, 0.15) is 26.3 Å². The van der Waals surface area contributed by atoms with Crippen LogP contribution in [-0.4, -0.2) is 18.4 Å². The minimum Gasteiger partial charge on any atom is -0.458 e. The summed E-state index contributed by atoms with van der Waals surface area (Å²) in [5.74, 6) is -1.77. The number of hydrogen-bond donors (Lipinski definition) is 0. The molecule has 0 spiro atoms. The van der Waals surface area contributed by atoms with E-state index in [-0.39, 0.29) is 17.7 Å². The topological polar surface area (TPSA) is 43.4 Å². The Morgan fingerprint density at radius 2 is 1.90 bits per heavy atom.